The van der Waals surface area contributed by atoms with Crippen LogP contribution < -0.4 is 5.32 Å². The molecule has 0 saturated heterocycles. The lowest BCUT2D eigenvalue weighted by atomic mass is 9.92. The van der Waals surface area contributed by atoms with E-state index in [0.717, 1.165) is 16.9 Å². The van der Waals surface area contributed by atoms with Gasteiger partial charge in [0.05, 0.1) is 6.61 Å². The highest BCUT2D eigenvalue weighted by atomic mass is 19.4. The first-order chi connectivity index (χ1) is 13.6. The Morgan fingerprint density at radius 1 is 1.31 bits per heavy atom. The van der Waals surface area contributed by atoms with Crippen molar-refractivity contribution < 1.29 is 31.5 Å². The van der Waals surface area contributed by atoms with Gasteiger partial charge in [0.1, 0.15) is 5.82 Å². The van der Waals surface area contributed by atoms with Crippen LogP contribution in [0.1, 0.15) is 48.8 Å². The molecular weight excluding hydrogens is 401 g/mol. The molecular formula is C17H18F5N5O2. The van der Waals surface area contributed by atoms with E-state index in [0.29, 0.717) is 0 Å². The van der Waals surface area contributed by atoms with Crippen LogP contribution in [0.3, 0.4) is 0 Å². The lowest BCUT2D eigenvalue weighted by molar-refractivity contribution is -0.141. The molecule has 0 spiro atoms. The quantitative estimate of drug-likeness (QED) is 0.586. The number of aromatic nitrogens is 4. The normalized spacial score (nSPS) is 17.2. The Hall–Kier alpha value is -2.79. The predicted octanol–water partition coefficient (Wildman–Crippen LogP) is 3.85. The molecule has 2 aromatic heterocycles. The minimum Gasteiger partial charge on any atom is -0.461 e. The summed E-state index contributed by atoms with van der Waals surface area (Å²) >= 11 is 0. The van der Waals surface area contributed by atoms with Gasteiger partial charge in [0.15, 0.2) is 11.4 Å². The number of nitrogens with zero attached hydrogens (tertiary/aromatic N) is 4. The fourth-order valence-electron chi connectivity index (χ4n) is 2.90. The number of nitrogens with one attached hydrogen (secondary N) is 1. The summed E-state index contributed by atoms with van der Waals surface area (Å²) < 4.78 is 70.8. The first-order valence-electron chi connectivity index (χ1n) is 8.91. The topological polar surface area (TPSA) is 81.9 Å². The highest BCUT2D eigenvalue weighted by Crippen LogP contribution is 2.34. The van der Waals surface area contributed by atoms with E-state index in [1.807, 2.05) is 0 Å². The van der Waals surface area contributed by atoms with Gasteiger partial charge in [-0.25, -0.2) is 23.2 Å². The van der Waals surface area contributed by atoms with Gasteiger partial charge < -0.3 is 10.1 Å². The average molecular weight is 419 g/mol. The average Bonchev–Trinajstić information content (AvgIpc) is 3.14. The summed E-state index contributed by atoms with van der Waals surface area (Å²) in [6.07, 6.45) is -3.86. The van der Waals surface area contributed by atoms with Crippen LogP contribution in [0.2, 0.25) is 0 Å². The maximum Gasteiger partial charge on any atom is 0.435 e. The molecule has 158 valence electrons. The second-order valence-electron chi connectivity index (χ2n) is 6.58. The van der Waals surface area contributed by atoms with Crippen LogP contribution in [0, 0.1) is 0 Å². The summed E-state index contributed by atoms with van der Waals surface area (Å²) in [6, 6.07) is 1.69. The van der Waals surface area contributed by atoms with Crippen molar-refractivity contribution in [3.63, 3.8) is 0 Å². The third-order valence-corrected chi connectivity index (χ3v) is 4.35. The zero-order valence-electron chi connectivity index (χ0n) is 15.3. The molecule has 2 aromatic rings. The van der Waals surface area contributed by atoms with Crippen molar-refractivity contribution in [1.82, 2.24) is 19.7 Å². The van der Waals surface area contributed by atoms with Gasteiger partial charge >= 0.3 is 12.1 Å². The van der Waals surface area contributed by atoms with E-state index in [1.165, 1.54) is 6.07 Å². The number of carbonyl (C=O) groups excluding carboxylic acids is 1. The Kier molecular flexibility index (Phi) is 5.71. The highest BCUT2D eigenvalue weighted by molar-refractivity contribution is 5.88. The fraction of sp³-hybridized carbons (Fsp3) is 0.529. The van der Waals surface area contributed by atoms with Gasteiger partial charge in [-0.15, -0.1) is 0 Å². The zero-order valence-corrected chi connectivity index (χ0v) is 15.3. The molecule has 1 aliphatic carbocycles. The Labute approximate surface area is 162 Å². The van der Waals surface area contributed by atoms with E-state index in [4.69, 9.17) is 4.74 Å². The standard InChI is InChI=1S/C17H18F5N5O2/c1-2-29-14(28)11-9-13(23-10-3-6-16(18,19)7-4-10)25-15(24-11)27-8-5-12(26-27)17(20,21)22/h5,8-10H,2-4,6-7H2,1H3,(H,23,24,25). The Morgan fingerprint density at radius 2 is 2.00 bits per heavy atom. The van der Waals surface area contributed by atoms with E-state index in [9.17, 15) is 26.7 Å². The van der Waals surface area contributed by atoms with Crippen molar-refractivity contribution >= 4 is 11.8 Å². The number of rotatable bonds is 5. The van der Waals surface area contributed by atoms with Crippen LogP contribution in [-0.4, -0.2) is 44.3 Å². The summed E-state index contributed by atoms with van der Waals surface area (Å²) in [5, 5.41) is 6.34. The summed E-state index contributed by atoms with van der Waals surface area (Å²) in [7, 11) is 0. The van der Waals surface area contributed by atoms with Gasteiger partial charge in [-0.3, -0.25) is 0 Å². The monoisotopic (exact) mass is 419 g/mol. The second-order valence-corrected chi connectivity index (χ2v) is 6.58. The molecule has 7 nitrogen and oxygen atoms in total. The van der Waals surface area contributed by atoms with Crippen molar-refractivity contribution in [3.05, 3.63) is 29.7 Å². The zero-order chi connectivity index (χ0) is 21.2. The molecule has 1 fully saturated rings. The van der Waals surface area contributed by atoms with Crippen LogP contribution in [0.5, 0.6) is 0 Å². The molecule has 1 aliphatic rings. The maximum absolute atomic E-state index is 13.3. The lowest BCUT2D eigenvalue weighted by Crippen LogP contribution is -2.32. The van der Waals surface area contributed by atoms with Gasteiger partial charge in [0.25, 0.3) is 5.95 Å². The molecule has 0 unspecified atom stereocenters. The number of alkyl halides is 5. The van der Waals surface area contributed by atoms with Gasteiger partial charge in [-0.05, 0) is 25.8 Å². The van der Waals surface area contributed by atoms with Gasteiger partial charge in [-0.2, -0.15) is 23.3 Å². The summed E-state index contributed by atoms with van der Waals surface area (Å²) in [5.41, 5.74) is -1.34. The molecule has 1 saturated carbocycles. The van der Waals surface area contributed by atoms with Gasteiger partial charge in [0, 0.05) is 31.1 Å². The molecule has 3 rings (SSSR count). The van der Waals surface area contributed by atoms with Crippen LogP contribution in [0.15, 0.2) is 18.3 Å². The molecule has 2 heterocycles. The molecule has 0 atom stereocenters. The molecule has 0 radical (unpaired) electrons. The van der Waals surface area contributed by atoms with E-state index in [-0.39, 0.29) is 55.8 Å². The molecule has 29 heavy (non-hydrogen) atoms. The number of halogens is 5. The van der Waals surface area contributed by atoms with Crippen LogP contribution in [0.25, 0.3) is 5.95 Å². The molecule has 1 N–H and O–H groups in total. The number of ether oxygens (including phenoxy) is 1. The summed E-state index contributed by atoms with van der Waals surface area (Å²) in [6.45, 7) is 1.66. The van der Waals surface area contributed by atoms with E-state index in [2.05, 4.69) is 20.4 Å². The van der Waals surface area contributed by atoms with Crippen molar-refractivity contribution in [3.8, 4) is 5.95 Å². The second kappa shape index (κ2) is 7.91. The lowest BCUT2D eigenvalue weighted by Gasteiger charge is -2.29. The number of anilines is 1. The van der Waals surface area contributed by atoms with Crippen molar-refractivity contribution in [1.29, 1.82) is 0 Å². The molecule has 0 amide bonds. The third kappa shape index (κ3) is 5.18. The first-order valence-corrected chi connectivity index (χ1v) is 8.91. The maximum atomic E-state index is 13.3. The third-order valence-electron chi connectivity index (χ3n) is 4.35. The fourth-order valence-corrected chi connectivity index (χ4v) is 2.90. The number of hydrogen-bond acceptors (Lipinski definition) is 6. The van der Waals surface area contributed by atoms with Crippen LogP contribution >= 0.6 is 0 Å². The molecule has 0 aliphatic heterocycles. The van der Waals surface area contributed by atoms with E-state index in [1.54, 1.807) is 6.92 Å². The SMILES string of the molecule is CCOC(=O)c1cc(NC2CCC(F)(F)CC2)nc(-n2ccc(C(F)(F)F)n2)n1. The predicted molar refractivity (Wildman–Crippen MR) is 90.9 cm³/mol. The smallest absolute Gasteiger partial charge is 0.435 e. The number of hydrogen-bond donors (Lipinski definition) is 1. The van der Waals surface area contributed by atoms with E-state index >= 15 is 0 Å². The van der Waals surface area contributed by atoms with Crippen LogP contribution in [-0.2, 0) is 10.9 Å². The minimum atomic E-state index is -4.65. The Morgan fingerprint density at radius 3 is 2.59 bits per heavy atom. The number of carbonyl (C=O) groups is 1. The Bertz CT molecular complexity index is 873. The van der Waals surface area contributed by atoms with Crippen LogP contribution in [0.4, 0.5) is 27.8 Å². The van der Waals surface area contributed by atoms with Crippen molar-refractivity contribution in [2.24, 2.45) is 0 Å². The molecule has 0 aromatic carbocycles. The van der Waals surface area contributed by atoms with Crippen molar-refractivity contribution in [2.45, 2.75) is 50.7 Å². The van der Waals surface area contributed by atoms with E-state index < -0.39 is 23.8 Å². The minimum absolute atomic E-state index is 0.0681. The summed E-state index contributed by atoms with van der Waals surface area (Å²) in [5.74, 6) is -3.68. The highest BCUT2D eigenvalue weighted by Gasteiger charge is 2.35. The van der Waals surface area contributed by atoms with Crippen molar-refractivity contribution in [2.75, 3.05) is 11.9 Å². The largest absolute Gasteiger partial charge is 0.461 e. The van der Waals surface area contributed by atoms with Gasteiger partial charge in [-0.1, -0.05) is 0 Å². The summed E-state index contributed by atoms with van der Waals surface area (Å²) in [4.78, 5) is 20.1. The van der Waals surface area contributed by atoms with Gasteiger partial charge in [0.2, 0.25) is 5.92 Å². The molecule has 12 heteroatoms. The Balaban J connectivity index is 1.90. The first kappa shape index (κ1) is 20.9. The molecule has 0 bridgehead atoms. The number of esters is 1.